The van der Waals surface area contributed by atoms with Gasteiger partial charge >= 0.3 is 0 Å². The van der Waals surface area contributed by atoms with Gasteiger partial charge in [-0.05, 0) is 23.8 Å². The van der Waals surface area contributed by atoms with Gasteiger partial charge in [0.2, 0.25) is 0 Å². The molecule has 0 radical (unpaired) electrons. The molecule has 1 N–H and O–H groups in total. The van der Waals surface area contributed by atoms with Crippen LogP contribution in [0.1, 0.15) is 20.8 Å². The van der Waals surface area contributed by atoms with E-state index in [1.807, 2.05) is 11.8 Å². The van der Waals surface area contributed by atoms with E-state index in [2.05, 4.69) is 50.4 Å². The van der Waals surface area contributed by atoms with E-state index in [0.29, 0.717) is 5.92 Å². The van der Waals surface area contributed by atoms with E-state index in [-0.39, 0.29) is 0 Å². The van der Waals surface area contributed by atoms with Crippen molar-refractivity contribution >= 4 is 17.4 Å². The van der Waals surface area contributed by atoms with Gasteiger partial charge in [-0.1, -0.05) is 32.9 Å². The Balaban J connectivity index is 2.64. The van der Waals surface area contributed by atoms with Crippen LogP contribution in [0.4, 0.5) is 5.69 Å². The molecule has 0 aliphatic heterocycles. The molecule has 0 saturated carbocycles. The smallest absolute Gasteiger partial charge is 0.0478 e. The second-order valence-corrected chi connectivity index (χ2v) is 5.01. The van der Waals surface area contributed by atoms with Crippen LogP contribution in [-0.4, -0.2) is 12.3 Å². The molecule has 0 aromatic heterocycles. The highest BCUT2D eigenvalue weighted by molar-refractivity contribution is 7.99. The molecule has 0 fully saturated rings. The van der Waals surface area contributed by atoms with Gasteiger partial charge in [0, 0.05) is 17.1 Å². The van der Waals surface area contributed by atoms with Gasteiger partial charge in [-0.25, -0.2) is 0 Å². The number of para-hydroxylation sites is 1. The fourth-order valence-corrected chi connectivity index (χ4v) is 1.99. The quantitative estimate of drug-likeness (QED) is 0.739. The van der Waals surface area contributed by atoms with E-state index >= 15 is 0 Å². The minimum Gasteiger partial charge on any atom is -0.384 e. The molecule has 0 unspecified atom stereocenters. The Morgan fingerprint density at radius 3 is 2.64 bits per heavy atom. The highest BCUT2D eigenvalue weighted by Crippen LogP contribution is 2.26. The van der Waals surface area contributed by atoms with E-state index in [9.17, 15) is 0 Å². The van der Waals surface area contributed by atoms with Crippen molar-refractivity contribution in [1.82, 2.24) is 0 Å². The van der Waals surface area contributed by atoms with Crippen LogP contribution in [0.25, 0.3) is 0 Å². The fourth-order valence-electron chi connectivity index (χ4n) is 1.21. The lowest BCUT2D eigenvalue weighted by Crippen LogP contribution is -2.08. The van der Waals surface area contributed by atoms with Crippen molar-refractivity contribution in [2.75, 3.05) is 17.6 Å². The zero-order chi connectivity index (χ0) is 10.4. The van der Waals surface area contributed by atoms with E-state index in [1.54, 1.807) is 0 Å². The molecule has 1 nitrogen and oxygen atoms in total. The summed E-state index contributed by atoms with van der Waals surface area (Å²) >= 11 is 1.89. The first-order valence-corrected chi connectivity index (χ1v) is 6.18. The molecule has 0 spiro atoms. The summed E-state index contributed by atoms with van der Waals surface area (Å²) in [5.74, 6) is 1.81. The van der Waals surface area contributed by atoms with Crippen molar-refractivity contribution < 1.29 is 0 Å². The normalized spacial score (nSPS) is 10.6. The maximum Gasteiger partial charge on any atom is 0.0478 e. The number of rotatable bonds is 5. The summed E-state index contributed by atoms with van der Waals surface area (Å²) < 4.78 is 0. The first-order chi connectivity index (χ1) is 6.74. The third-order valence-corrected chi connectivity index (χ3v) is 2.84. The molecule has 0 saturated heterocycles. The summed E-state index contributed by atoms with van der Waals surface area (Å²) in [5.41, 5.74) is 1.27. The SMILES string of the molecule is CCSc1ccccc1NCC(C)C. The molecule has 0 bridgehead atoms. The maximum absolute atomic E-state index is 3.48. The third kappa shape index (κ3) is 3.62. The van der Waals surface area contributed by atoms with Gasteiger partial charge in [0.1, 0.15) is 0 Å². The predicted octanol–water partition coefficient (Wildman–Crippen LogP) is 3.87. The van der Waals surface area contributed by atoms with Crippen LogP contribution < -0.4 is 5.32 Å². The van der Waals surface area contributed by atoms with E-state index in [4.69, 9.17) is 0 Å². The topological polar surface area (TPSA) is 12.0 Å². The molecule has 0 aliphatic carbocycles. The molecular formula is C12H19NS. The first-order valence-electron chi connectivity index (χ1n) is 5.19. The molecule has 0 amide bonds. The van der Waals surface area contributed by atoms with Gasteiger partial charge in [0.05, 0.1) is 0 Å². The number of hydrogen-bond acceptors (Lipinski definition) is 2. The molecule has 14 heavy (non-hydrogen) atoms. The van der Waals surface area contributed by atoms with Gasteiger partial charge in [-0.15, -0.1) is 11.8 Å². The number of thioether (sulfide) groups is 1. The lowest BCUT2D eigenvalue weighted by Gasteiger charge is -2.12. The van der Waals surface area contributed by atoms with Crippen LogP contribution in [0, 0.1) is 5.92 Å². The molecule has 1 aromatic carbocycles. The van der Waals surface area contributed by atoms with Crippen LogP contribution in [-0.2, 0) is 0 Å². The Hall–Kier alpha value is -0.630. The monoisotopic (exact) mass is 209 g/mol. The predicted molar refractivity (Wildman–Crippen MR) is 66.2 cm³/mol. The number of nitrogens with one attached hydrogen (secondary N) is 1. The maximum atomic E-state index is 3.48. The number of hydrogen-bond donors (Lipinski definition) is 1. The molecule has 78 valence electrons. The summed E-state index contributed by atoms with van der Waals surface area (Å²) in [5, 5.41) is 3.48. The Morgan fingerprint density at radius 1 is 1.29 bits per heavy atom. The average molecular weight is 209 g/mol. The van der Waals surface area contributed by atoms with Gasteiger partial charge in [0.25, 0.3) is 0 Å². The van der Waals surface area contributed by atoms with Gasteiger partial charge in [0.15, 0.2) is 0 Å². The van der Waals surface area contributed by atoms with Gasteiger partial charge < -0.3 is 5.32 Å². The lowest BCUT2D eigenvalue weighted by molar-refractivity contribution is 0.688. The Morgan fingerprint density at radius 2 is 2.00 bits per heavy atom. The minimum atomic E-state index is 0.690. The number of anilines is 1. The van der Waals surface area contributed by atoms with Gasteiger partial charge in [-0.2, -0.15) is 0 Å². The van der Waals surface area contributed by atoms with Crippen LogP contribution in [0.2, 0.25) is 0 Å². The zero-order valence-electron chi connectivity index (χ0n) is 9.21. The fraction of sp³-hybridized carbons (Fsp3) is 0.500. The largest absolute Gasteiger partial charge is 0.384 e. The Kier molecular flexibility index (Phi) is 4.88. The minimum absolute atomic E-state index is 0.690. The van der Waals surface area contributed by atoms with Crippen molar-refractivity contribution in [2.24, 2.45) is 5.92 Å². The van der Waals surface area contributed by atoms with Crippen molar-refractivity contribution in [1.29, 1.82) is 0 Å². The van der Waals surface area contributed by atoms with E-state index in [0.717, 1.165) is 12.3 Å². The second kappa shape index (κ2) is 5.97. The van der Waals surface area contributed by atoms with Crippen molar-refractivity contribution in [3.63, 3.8) is 0 Å². The lowest BCUT2D eigenvalue weighted by atomic mass is 10.2. The summed E-state index contributed by atoms with van der Waals surface area (Å²) in [6.07, 6.45) is 0. The summed E-state index contributed by atoms with van der Waals surface area (Å²) in [7, 11) is 0. The molecule has 1 aromatic rings. The average Bonchev–Trinajstić information content (AvgIpc) is 2.17. The van der Waals surface area contributed by atoms with E-state index < -0.39 is 0 Å². The van der Waals surface area contributed by atoms with Crippen molar-refractivity contribution in [3.8, 4) is 0 Å². The van der Waals surface area contributed by atoms with Crippen molar-refractivity contribution in [3.05, 3.63) is 24.3 Å². The standard InChI is InChI=1S/C12H19NS/c1-4-14-12-8-6-5-7-11(12)13-9-10(2)3/h5-8,10,13H,4,9H2,1-3H3. The molecule has 0 atom stereocenters. The molecular weight excluding hydrogens is 190 g/mol. The van der Waals surface area contributed by atoms with E-state index in [1.165, 1.54) is 10.6 Å². The highest BCUT2D eigenvalue weighted by atomic mass is 32.2. The van der Waals surface area contributed by atoms with Gasteiger partial charge in [-0.3, -0.25) is 0 Å². The van der Waals surface area contributed by atoms with Crippen LogP contribution >= 0.6 is 11.8 Å². The van der Waals surface area contributed by atoms with Crippen molar-refractivity contribution in [2.45, 2.75) is 25.7 Å². The van der Waals surface area contributed by atoms with Crippen LogP contribution in [0.3, 0.4) is 0 Å². The van der Waals surface area contributed by atoms with Crippen LogP contribution in [0.15, 0.2) is 29.2 Å². The zero-order valence-corrected chi connectivity index (χ0v) is 10.0. The first kappa shape index (κ1) is 11.4. The molecule has 1 rings (SSSR count). The summed E-state index contributed by atoms with van der Waals surface area (Å²) in [6.45, 7) is 7.68. The Bertz CT molecular complexity index is 271. The summed E-state index contributed by atoms with van der Waals surface area (Å²) in [4.78, 5) is 1.36. The third-order valence-electron chi connectivity index (χ3n) is 1.89. The number of benzene rings is 1. The molecule has 2 heteroatoms. The van der Waals surface area contributed by atoms with Crippen LogP contribution in [0.5, 0.6) is 0 Å². The Labute approximate surface area is 91.3 Å². The summed E-state index contributed by atoms with van der Waals surface area (Å²) in [6, 6.07) is 8.51. The molecule has 0 aliphatic rings. The second-order valence-electron chi connectivity index (χ2n) is 3.70. The highest BCUT2D eigenvalue weighted by Gasteiger charge is 2.01. The molecule has 0 heterocycles.